The normalized spacial score (nSPS) is 22.1. The molecule has 94 valence electrons. The van der Waals surface area contributed by atoms with Crippen molar-refractivity contribution in [3.8, 4) is 0 Å². The lowest BCUT2D eigenvalue weighted by Gasteiger charge is -2.22. The van der Waals surface area contributed by atoms with Crippen molar-refractivity contribution in [2.75, 3.05) is 13.1 Å². The van der Waals surface area contributed by atoms with E-state index in [1.165, 1.54) is 23.1 Å². The van der Waals surface area contributed by atoms with Gasteiger partial charge in [0.25, 0.3) is 0 Å². The topological polar surface area (TPSA) is 38.0 Å². The number of nitrogens with two attached hydrogens (primary N) is 1. The molecule has 1 aromatic carbocycles. The van der Waals surface area contributed by atoms with Crippen LogP contribution in [0.3, 0.4) is 0 Å². The number of hydrogen-bond acceptors (Lipinski definition) is 2. The van der Waals surface area contributed by atoms with Gasteiger partial charge in [0, 0.05) is 6.04 Å². The molecule has 2 unspecified atom stereocenters. The lowest BCUT2D eigenvalue weighted by molar-refractivity contribution is 0.468. The summed E-state index contributed by atoms with van der Waals surface area (Å²) in [4.78, 5) is 0. The van der Waals surface area contributed by atoms with Crippen LogP contribution >= 0.6 is 0 Å². The van der Waals surface area contributed by atoms with Crippen LogP contribution in [0.4, 0.5) is 0 Å². The number of aryl methyl sites for hydroxylation is 1. The molecule has 0 radical (unpaired) electrons. The van der Waals surface area contributed by atoms with Crippen molar-refractivity contribution in [3.05, 3.63) is 34.9 Å². The Kier molecular flexibility index (Phi) is 3.85. The minimum atomic E-state index is 0.184. The van der Waals surface area contributed by atoms with E-state index in [2.05, 4.69) is 44.3 Å². The van der Waals surface area contributed by atoms with Gasteiger partial charge in [0.05, 0.1) is 0 Å². The van der Waals surface area contributed by atoms with Gasteiger partial charge in [-0.25, -0.2) is 0 Å². The molecule has 3 N–H and O–H groups in total. The molecule has 2 rings (SSSR count). The summed E-state index contributed by atoms with van der Waals surface area (Å²) >= 11 is 0. The summed E-state index contributed by atoms with van der Waals surface area (Å²) in [5, 5.41) is 3.40. The van der Waals surface area contributed by atoms with Crippen LogP contribution in [-0.4, -0.2) is 13.1 Å². The molecule has 0 bridgehead atoms. The predicted octanol–water partition coefficient (Wildman–Crippen LogP) is 2.73. The molecule has 1 heterocycles. The van der Waals surface area contributed by atoms with Crippen molar-refractivity contribution in [1.82, 2.24) is 5.32 Å². The fraction of sp³-hybridized carbons (Fsp3) is 0.600. The zero-order chi connectivity index (χ0) is 12.4. The average molecular weight is 232 g/mol. The van der Waals surface area contributed by atoms with Gasteiger partial charge < -0.3 is 11.1 Å². The molecule has 2 heteroatoms. The third-order valence-electron chi connectivity index (χ3n) is 3.94. The Labute approximate surface area is 105 Å². The Balaban J connectivity index is 2.26. The molecule has 2 nitrogen and oxygen atoms in total. The van der Waals surface area contributed by atoms with Gasteiger partial charge in [0.15, 0.2) is 0 Å². The third-order valence-corrected chi connectivity index (χ3v) is 3.94. The summed E-state index contributed by atoms with van der Waals surface area (Å²) in [5.74, 6) is 1.17. The zero-order valence-electron chi connectivity index (χ0n) is 11.2. The van der Waals surface area contributed by atoms with Crippen LogP contribution in [0.15, 0.2) is 18.2 Å². The quantitative estimate of drug-likeness (QED) is 0.841. The van der Waals surface area contributed by atoms with E-state index >= 15 is 0 Å². The Morgan fingerprint density at radius 3 is 2.71 bits per heavy atom. The van der Waals surface area contributed by atoms with E-state index in [0.29, 0.717) is 11.8 Å². The van der Waals surface area contributed by atoms with E-state index in [0.717, 1.165) is 13.1 Å². The maximum atomic E-state index is 6.43. The molecule has 0 aliphatic carbocycles. The Morgan fingerprint density at radius 1 is 1.35 bits per heavy atom. The molecule has 1 aromatic rings. The maximum Gasteiger partial charge on any atom is 0.0338 e. The third kappa shape index (κ3) is 2.70. The standard InChI is InChI=1S/C15H24N2/c1-10(2)12-5-4-11(3)14(8-12)15(16)13-6-7-17-9-13/h4-5,8,10,13,15,17H,6-7,9,16H2,1-3H3. The molecule has 0 spiro atoms. The summed E-state index contributed by atoms with van der Waals surface area (Å²) in [6.45, 7) is 8.81. The number of nitrogens with one attached hydrogen (secondary N) is 1. The molecule has 1 aliphatic heterocycles. The van der Waals surface area contributed by atoms with Crippen LogP contribution in [0.2, 0.25) is 0 Å². The maximum absolute atomic E-state index is 6.43. The molecule has 0 aromatic heterocycles. The van der Waals surface area contributed by atoms with Crippen molar-refractivity contribution in [1.29, 1.82) is 0 Å². The van der Waals surface area contributed by atoms with Gasteiger partial charge in [0.2, 0.25) is 0 Å². The first kappa shape index (κ1) is 12.6. The van der Waals surface area contributed by atoms with Crippen molar-refractivity contribution in [2.24, 2.45) is 11.7 Å². The van der Waals surface area contributed by atoms with Crippen molar-refractivity contribution < 1.29 is 0 Å². The fourth-order valence-electron chi connectivity index (χ4n) is 2.61. The second-order valence-electron chi connectivity index (χ2n) is 5.55. The smallest absolute Gasteiger partial charge is 0.0338 e. The van der Waals surface area contributed by atoms with Crippen LogP contribution in [0.5, 0.6) is 0 Å². The van der Waals surface area contributed by atoms with Gasteiger partial charge in [-0.1, -0.05) is 32.0 Å². The molecule has 1 aliphatic rings. The number of benzene rings is 1. The first-order chi connectivity index (χ1) is 8.09. The van der Waals surface area contributed by atoms with Gasteiger partial charge in [0.1, 0.15) is 0 Å². The molecule has 17 heavy (non-hydrogen) atoms. The Hall–Kier alpha value is -0.860. The second kappa shape index (κ2) is 5.19. The fourth-order valence-corrected chi connectivity index (χ4v) is 2.61. The van der Waals surface area contributed by atoms with Crippen LogP contribution in [0, 0.1) is 12.8 Å². The van der Waals surface area contributed by atoms with Crippen LogP contribution in [-0.2, 0) is 0 Å². The Bertz CT molecular complexity index is 379. The zero-order valence-corrected chi connectivity index (χ0v) is 11.2. The van der Waals surface area contributed by atoms with E-state index in [-0.39, 0.29) is 6.04 Å². The monoisotopic (exact) mass is 232 g/mol. The van der Waals surface area contributed by atoms with E-state index < -0.39 is 0 Å². The van der Waals surface area contributed by atoms with Crippen LogP contribution < -0.4 is 11.1 Å². The SMILES string of the molecule is Cc1ccc(C(C)C)cc1C(N)C1CCNC1. The van der Waals surface area contributed by atoms with Crippen molar-refractivity contribution in [2.45, 2.75) is 39.2 Å². The highest BCUT2D eigenvalue weighted by Gasteiger charge is 2.24. The van der Waals surface area contributed by atoms with Gasteiger partial charge in [-0.2, -0.15) is 0 Å². The molecule has 0 amide bonds. The highest BCUT2D eigenvalue weighted by atomic mass is 14.9. The molecular weight excluding hydrogens is 208 g/mol. The summed E-state index contributed by atoms with van der Waals surface area (Å²) in [5.41, 5.74) is 10.5. The second-order valence-corrected chi connectivity index (χ2v) is 5.55. The average Bonchev–Trinajstić information content (AvgIpc) is 2.81. The van der Waals surface area contributed by atoms with E-state index in [1.54, 1.807) is 0 Å². The highest BCUT2D eigenvalue weighted by Crippen LogP contribution is 2.29. The summed E-state index contributed by atoms with van der Waals surface area (Å²) in [6.07, 6.45) is 1.20. The van der Waals surface area contributed by atoms with Crippen molar-refractivity contribution in [3.63, 3.8) is 0 Å². The lowest BCUT2D eigenvalue weighted by atomic mass is 9.88. The highest BCUT2D eigenvalue weighted by molar-refractivity contribution is 5.35. The van der Waals surface area contributed by atoms with Crippen LogP contribution in [0.25, 0.3) is 0 Å². The van der Waals surface area contributed by atoms with Crippen molar-refractivity contribution >= 4 is 0 Å². The minimum absolute atomic E-state index is 0.184. The van der Waals surface area contributed by atoms with E-state index in [4.69, 9.17) is 5.73 Å². The number of hydrogen-bond donors (Lipinski definition) is 2. The lowest BCUT2D eigenvalue weighted by Crippen LogP contribution is -2.24. The molecule has 1 saturated heterocycles. The van der Waals surface area contributed by atoms with Crippen LogP contribution in [0.1, 0.15) is 48.9 Å². The summed E-state index contributed by atoms with van der Waals surface area (Å²) < 4.78 is 0. The van der Waals surface area contributed by atoms with Gasteiger partial charge in [-0.15, -0.1) is 0 Å². The summed E-state index contributed by atoms with van der Waals surface area (Å²) in [7, 11) is 0. The first-order valence-corrected chi connectivity index (χ1v) is 6.66. The van der Waals surface area contributed by atoms with Gasteiger partial charge in [-0.05, 0) is 55.0 Å². The van der Waals surface area contributed by atoms with E-state index in [9.17, 15) is 0 Å². The molecular formula is C15H24N2. The number of rotatable bonds is 3. The molecule has 1 fully saturated rings. The minimum Gasteiger partial charge on any atom is -0.324 e. The Morgan fingerprint density at radius 2 is 2.12 bits per heavy atom. The summed E-state index contributed by atoms with van der Waals surface area (Å²) in [6, 6.07) is 6.93. The van der Waals surface area contributed by atoms with Gasteiger partial charge in [-0.3, -0.25) is 0 Å². The molecule has 2 atom stereocenters. The molecule has 0 saturated carbocycles. The van der Waals surface area contributed by atoms with E-state index in [1.807, 2.05) is 0 Å². The first-order valence-electron chi connectivity index (χ1n) is 6.66. The largest absolute Gasteiger partial charge is 0.324 e. The predicted molar refractivity (Wildman–Crippen MR) is 73.2 cm³/mol. The van der Waals surface area contributed by atoms with Gasteiger partial charge >= 0.3 is 0 Å².